The van der Waals surface area contributed by atoms with Crippen LogP contribution >= 0.6 is 0 Å². The minimum Gasteiger partial charge on any atom is -0.507 e. The van der Waals surface area contributed by atoms with Crippen molar-refractivity contribution in [1.82, 2.24) is 0 Å². The van der Waals surface area contributed by atoms with E-state index in [2.05, 4.69) is 13.0 Å². The molecule has 0 heterocycles. The van der Waals surface area contributed by atoms with Crippen molar-refractivity contribution in [2.75, 3.05) is 0 Å². The van der Waals surface area contributed by atoms with Crippen molar-refractivity contribution < 1.29 is 15.0 Å². The second-order valence-electron chi connectivity index (χ2n) is 6.10. The highest BCUT2D eigenvalue weighted by Crippen LogP contribution is 2.19. The van der Waals surface area contributed by atoms with E-state index in [9.17, 15) is 9.90 Å². The van der Waals surface area contributed by atoms with Gasteiger partial charge >= 0.3 is 5.97 Å². The first-order chi connectivity index (χ1) is 11.1. The highest BCUT2D eigenvalue weighted by molar-refractivity contribution is 5.91. The third-order valence-corrected chi connectivity index (χ3v) is 4.04. The molecular formula is C20H30O3. The summed E-state index contributed by atoms with van der Waals surface area (Å²) >= 11 is 0. The molecule has 0 unspecified atom stereocenters. The third-order valence-electron chi connectivity index (χ3n) is 4.04. The summed E-state index contributed by atoms with van der Waals surface area (Å²) in [5.41, 5.74) is 0.770. The maximum absolute atomic E-state index is 10.9. The summed E-state index contributed by atoms with van der Waals surface area (Å²) in [7, 11) is 0. The number of carboxylic acids is 1. The zero-order chi connectivity index (χ0) is 16.9. The third kappa shape index (κ3) is 8.44. The highest BCUT2D eigenvalue weighted by atomic mass is 16.4. The van der Waals surface area contributed by atoms with Gasteiger partial charge in [-0.3, -0.25) is 0 Å². The van der Waals surface area contributed by atoms with Crippen LogP contribution in [0.3, 0.4) is 0 Å². The van der Waals surface area contributed by atoms with Gasteiger partial charge in [-0.15, -0.1) is 0 Å². The van der Waals surface area contributed by atoms with Crippen LogP contribution in [0.15, 0.2) is 24.3 Å². The average molecular weight is 318 g/mol. The number of hydrogen-bond acceptors (Lipinski definition) is 2. The molecule has 2 N–H and O–H groups in total. The van der Waals surface area contributed by atoms with Crippen LogP contribution in [0.5, 0.6) is 5.75 Å². The molecule has 0 spiro atoms. The highest BCUT2D eigenvalue weighted by Gasteiger charge is 2.08. The number of hydrogen-bond donors (Lipinski definition) is 2. The van der Waals surface area contributed by atoms with Gasteiger partial charge in [-0.25, -0.2) is 4.79 Å². The molecule has 0 radical (unpaired) electrons. The summed E-state index contributed by atoms with van der Waals surface area (Å²) in [5.74, 6) is -1.29. The van der Waals surface area contributed by atoms with Crippen LogP contribution in [0.4, 0.5) is 0 Å². The zero-order valence-electron chi connectivity index (χ0n) is 14.3. The van der Waals surface area contributed by atoms with Crippen LogP contribution in [-0.4, -0.2) is 16.2 Å². The molecule has 128 valence electrons. The van der Waals surface area contributed by atoms with Crippen LogP contribution in [0.25, 0.3) is 6.08 Å². The molecule has 0 aliphatic carbocycles. The normalized spacial score (nSPS) is 11.2. The van der Waals surface area contributed by atoms with Crippen LogP contribution in [0.1, 0.15) is 87.1 Å². The Hall–Kier alpha value is -1.77. The lowest BCUT2D eigenvalue weighted by Gasteiger charge is -2.01. The molecule has 1 aromatic carbocycles. The quantitative estimate of drug-likeness (QED) is 0.463. The topological polar surface area (TPSA) is 57.5 Å². The van der Waals surface area contributed by atoms with Gasteiger partial charge in [-0.1, -0.05) is 76.5 Å². The standard InChI is InChI=1S/C20H30O3/c1-2-3-4-5-6-7-8-9-10-11-12-13-17-14-15-19(21)18(16-17)20(22)23/h12-16,21H,2-11H2,1H3,(H,22,23)/b13-12+. The number of benzene rings is 1. The van der Waals surface area contributed by atoms with Crippen molar-refractivity contribution in [3.8, 4) is 5.75 Å². The number of carboxylic acid groups (broad SMARTS) is 1. The van der Waals surface area contributed by atoms with Crippen molar-refractivity contribution in [3.63, 3.8) is 0 Å². The predicted molar refractivity (Wildman–Crippen MR) is 95.9 cm³/mol. The van der Waals surface area contributed by atoms with Crippen LogP contribution in [0, 0.1) is 0 Å². The largest absolute Gasteiger partial charge is 0.507 e. The van der Waals surface area contributed by atoms with E-state index in [1.165, 1.54) is 69.9 Å². The maximum Gasteiger partial charge on any atom is 0.339 e. The molecule has 3 nitrogen and oxygen atoms in total. The Balaban J connectivity index is 2.15. The molecule has 3 heteroatoms. The molecule has 1 rings (SSSR count). The van der Waals surface area contributed by atoms with E-state index >= 15 is 0 Å². The first kappa shape index (κ1) is 19.3. The van der Waals surface area contributed by atoms with E-state index in [1.54, 1.807) is 6.07 Å². The monoisotopic (exact) mass is 318 g/mol. The molecule has 0 aliphatic rings. The smallest absolute Gasteiger partial charge is 0.339 e. The second-order valence-corrected chi connectivity index (χ2v) is 6.10. The molecule has 0 fully saturated rings. The molecule has 0 amide bonds. The van der Waals surface area contributed by atoms with E-state index in [4.69, 9.17) is 5.11 Å². The molecule has 0 aliphatic heterocycles. The molecule has 0 atom stereocenters. The average Bonchev–Trinajstić information content (AvgIpc) is 2.53. The Bertz CT molecular complexity index is 492. The molecule has 0 saturated heterocycles. The van der Waals surface area contributed by atoms with Gasteiger partial charge < -0.3 is 10.2 Å². The van der Waals surface area contributed by atoms with E-state index in [0.717, 1.165) is 12.0 Å². The van der Waals surface area contributed by atoms with E-state index < -0.39 is 5.97 Å². The molecule has 0 saturated carbocycles. The van der Waals surface area contributed by atoms with E-state index in [0.29, 0.717) is 0 Å². The number of rotatable bonds is 12. The Morgan fingerprint density at radius 2 is 1.61 bits per heavy atom. The minimum atomic E-state index is -1.10. The van der Waals surface area contributed by atoms with Crippen molar-refractivity contribution >= 4 is 12.0 Å². The Morgan fingerprint density at radius 1 is 1.00 bits per heavy atom. The molecule has 23 heavy (non-hydrogen) atoms. The summed E-state index contributed by atoms with van der Waals surface area (Å²) in [6.45, 7) is 2.24. The van der Waals surface area contributed by atoms with Gasteiger partial charge in [-0.05, 0) is 30.5 Å². The second kappa shape index (κ2) is 11.8. The van der Waals surface area contributed by atoms with Gasteiger partial charge in [0.2, 0.25) is 0 Å². The van der Waals surface area contributed by atoms with Gasteiger partial charge in [0.1, 0.15) is 11.3 Å². The van der Waals surface area contributed by atoms with Crippen LogP contribution in [-0.2, 0) is 0 Å². The molecule has 0 bridgehead atoms. The fourth-order valence-electron chi connectivity index (χ4n) is 2.62. The SMILES string of the molecule is CCCCCCCCCCC/C=C/c1ccc(O)c(C(=O)O)c1. The number of unbranched alkanes of at least 4 members (excludes halogenated alkanes) is 9. The predicted octanol–water partition coefficient (Wildman–Crippen LogP) is 6.02. The van der Waals surface area contributed by atoms with E-state index in [1.807, 2.05) is 6.08 Å². The molecule has 1 aromatic rings. The fourth-order valence-corrected chi connectivity index (χ4v) is 2.62. The van der Waals surface area contributed by atoms with Gasteiger partial charge in [0.05, 0.1) is 0 Å². The van der Waals surface area contributed by atoms with Crippen LogP contribution in [0.2, 0.25) is 0 Å². The lowest BCUT2D eigenvalue weighted by Crippen LogP contribution is -1.96. The number of aromatic carboxylic acids is 1. The number of aromatic hydroxyl groups is 1. The van der Waals surface area contributed by atoms with Crippen molar-refractivity contribution in [1.29, 1.82) is 0 Å². The summed E-state index contributed by atoms with van der Waals surface area (Å²) in [6.07, 6.45) is 16.9. The van der Waals surface area contributed by atoms with Gasteiger partial charge in [0.15, 0.2) is 0 Å². The number of phenols is 1. The van der Waals surface area contributed by atoms with Gasteiger partial charge in [0.25, 0.3) is 0 Å². The summed E-state index contributed by atoms with van der Waals surface area (Å²) in [5, 5.41) is 18.4. The van der Waals surface area contributed by atoms with Crippen molar-refractivity contribution in [3.05, 3.63) is 35.4 Å². The van der Waals surface area contributed by atoms with Gasteiger partial charge in [0, 0.05) is 0 Å². The zero-order valence-corrected chi connectivity index (χ0v) is 14.3. The lowest BCUT2D eigenvalue weighted by molar-refractivity contribution is 0.0693. The fraction of sp³-hybridized carbons (Fsp3) is 0.550. The summed E-state index contributed by atoms with van der Waals surface area (Å²) in [6, 6.07) is 4.67. The number of carbonyl (C=O) groups is 1. The maximum atomic E-state index is 10.9. The first-order valence-electron chi connectivity index (χ1n) is 8.88. The Kier molecular flexibility index (Phi) is 9.85. The first-order valence-corrected chi connectivity index (χ1v) is 8.88. The number of allylic oxidation sites excluding steroid dienone is 1. The molecular weight excluding hydrogens is 288 g/mol. The summed E-state index contributed by atoms with van der Waals surface area (Å²) < 4.78 is 0. The molecule has 0 aromatic heterocycles. The van der Waals surface area contributed by atoms with Crippen molar-refractivity contribution in [2.24, 2.45) is 0 Å². The van der Waals surface area contributed by atoms with E-state index in [-0.39, 0.29) is 11.3 Å². The summed E-state index contributed by atoms with van der Waals surface area (Å²) in [4.78, 5) is 10.9. The minimum absolute atomic E-state index is 0.0461. The van der Waals surface area contributed by atoms with Gasteiger partial charge in [-0.2, -0.15) is 0 Å². The lowest BCUT2D eigenvalue weighted by atomic mass is 10.1. The van der Waals surface area contributed by atoms with Crippen molar-refractivity contribution in [2.45, 2.75) is 71.1 Å². The Morgan fingerprint density at radius 3 is 2.22 bits per heavy atom. The van der Waals surface area contributed by atoms with Crippen LogP contribution < -0.4 is 0 Å². The Labute approximate surface area is 140 Å².